The third-order valence-corrected chi connectivity index (χ3v) is 3.89. The zero-order chi connectivity index (χ0) is 14.5. The van der Waals surface area contributed by atoms with E-state index in [1.54, 1.807) is 18.7 Å². The summed E-state index contributed by atoms with van der Waals surface area (Å²) < 4.78 is 0. The van der Waals surface area contributed by atoms with Crippen LogP contribution in [0.25, 0.3) is 0 Å². The molecular formula is C15H23NO2S. The predicted molar refractivity (Wildman–Crippen MR) is 81.6 cm³/mol. The van der Waals surface area contributed by atoms with Crippen molar-refractivity contribution < 1.29 is 9.90 Å². The fourth-order valence-corrected chi connectivity index (χ4v) is 2.60. The van der Waals surface area contributed by atoms with Gasteiger partial charge in [-0.25, -0.2) is 0 Å². The van der Waals surface area contributed by atoms with Crippen LogP contribution in [0.5, 0.6) is 0 Å². The van der Waals surface area contributed by atoms with Crippen molar-refractivity contribution in [2.24, 2.45) is 0 Å². The molecule has 0 bridgehead atoms. The van der Waals surface area contributed by atoms with Gasteiger partial charge in [-0.3, -0.25) is 4.79 Å². The van der Waals surface area contributed by atoms with E-state index in [0.717, 1.165) is 16.7 Å². The van der Waals surface area contributed by atoms with E-state index in [2.05, 4.69) is 5.32 Å². The Kier molecular flexibility index (Phi) is 5.88. The van der Waals surface area contributed by atoms with E-state index in [4.69, 9.17) is 0 Å². The Balaban J connectivity index is 2.54. The molecule has 0 radical (unpaired) electrons. The average molecular weight is 281 g/mol. The summed E-state index contributed by atoms with van der Waals surface area (Å²) in [5, 5.41) is 12.8. The number of carbonyl (C=O) groups is 1. The van der Waals surface area contributed by atoms with Crippen molar-refractivity contribution in [3.63, 3.8) is 0 Å². The molecule has 1 aromatic rings. The molecule has 0 fully saturated rings. The first-order valence-corrected chi connectivity index (χ1v) is 7.77. The Bertz CT molecular complexity index is 444. The van der Waals surface area contributed by atoms with E-state index in [-0.39, 0.29) is 12.5 Å². The Hall–Kier alpha value is -1.00. The molecule has 1 unspecified atom stereocenters. The fraction of sp³-hybridized carbons (Fsp3) is 0.533. The maximum absolute atomic E-state index is 11.9. The van der Waals surface area contributed by atoms with Crippen molar-refractivity contribution >= 4 is 17.7 Å². The number of rotatable bonds is 6. The molecule has 19 heavy (non-hydrogen) atoms. The van der Waals surface area contributed by atoms with Crippen LogP contribution in [0.15, 0.2) is 18.2 Å². The third kappa shape index (κ3) is 5.66. The highest BCUT2D eigenvalue weighted by Crippen LogP contribution is 2.12. The lowest BCUT2D eigenvalue weighted by atomic mass is 10.0. The molecule has 0 aromatic heterocycles. The largest absolute Gasteiger partial charge is 0.387 e. The first kappa shape index (κ1) is 16.1. The van der Waals surface area contributed by atoms with Gasteiger partial charge in [-0.1, -0.05) is 23.8 Å². The molecule has 0 saturated heterocycles. The highest BCUT2D eigenvalue weighted by atomic mass is 32.2. The van der Waals surface area contributed by atoms with Crippen molar-refractivity contribution in [2.75, 3.05) is 18.6 Å². The second-order valence-corrected chi connectivity index (χ2v) is 6.18. The summed E-state index contributed by atoms with van der Waals surface area (Å²) in [4.78, 5) is 11.9. The van der Waals surface area contributed by atoms with Crippen LogP contribution in [-0.4, -0.2) is 35.2 Å². The zero-order valence-corrected chi connectivity index (χ0v) is 12.9. The highest BCUT2D eigenvalue weighted by Gasteiger charge is 2.20. The van der Waals surface area contributed by atoms with E-state index in [1.165, 1.54) is 0 Å². The molecule has 0 spiro atoms. The monoisotopic (exact) mass is 281 g/mol. The first-order chi connectivity index (χ1) is 8.84. The minimum Gasteiger partial charge on any atom is -0.387 e. The lowest BCUT2D eigenvalue weighted by Crippen LogP contribution is -2.42. The highest BCUT2D eigenvalue weighted by molar-refractivity contribution is 7.98. The maximum atomic E-state index is 11.9. The van der Waals surface area contributed by atoms with Gasteiger partial charge in [0.05, 0.1) is 12.0 Å². The molecule has 106 valence electrons. The molecule has 1 aromatic carbocycles. The summed E-state index contributed by atoms with van der Waals surface area (Å²) in [6, 6.07) is 6.11. The number of thioether (sulfide) groups is 1. The van der Waals surface area contributed by atoms with Crippen molar-refractivity contribution in [3.8, 4) is 0 Å². The van der Waals surface area contributed by atoms with Crippen LogP contribution in [0.1, 0.15) is 23.6 Å². The molecule has 2 N–H and O–H groups in total. The Morgan fingerprint density at radius 3 is 2.74 bits per heavy atom. The second kappa shape index (κ2) is 6.96. The normalized spacial score (nSPS) is 13.9. The number of aryl methyl sites for hydroxylation is 2. The van der Waals surface area contributed by atoms with Gasteiger partial charge in [-0.15, -0.1) is 0 Å². The van der Waals surface area contributed by atoms with Crippen molar-refractivity contribution in [3.05, 3.63) is 34.9 Å². The number of amides is 1. The van der Waals surface area contributed by atoms with Gasteiger partial charge < -0.3 is 10.4 Å². The van der Waals surface area contributed by atoms with Crippen molar-refractivity contribution in [1.29, 1.82) is 0 Å². The maximum Gasteiger partial charge on any atom is 0.224 e. The minimum atomic E-state index is -0.850. The SMILES string of the molecule is CSCC(C)(O)CNC(=O)Cc1cc(C)ccc1C. The van der Waals surface area contributed by atoms with Crippen LogP contribution >= 0.6 is 11.8 Å². The molecule has 1 rings (SSSR count). The molecular weight excluding hydrogens is 258 g/mol. The zero-order valence-electron chi connectivity index (χ0n) is 12.1. The summed E-state index contributed by atoms with van der Waals surface area (Å²) in [6.45, 7) is 6.05. The molecule has 1 atom stereocenters. The van der Waals surface area contributed by atoms with Crippen LogP contribution < -0.4 is 5.32 Å². The summed E-state index contributed by atoms with van der Waals surface area (Å²) in [7, 11) is 0. The van der Waals surface area contributed by atoms with Crippen molar-refractivity contribution in [1.82, 2.24) is 5.32 Å². The topological polar surface area (TPSA) is 49.3 Å². The van der Waals surface area contributed by atoms with Gasteiger partial charge in [0.25, 0.3) is 0 Å². The predicted octanol–water partition coefficient (Wildman–Crippen LogP) is 2.08. The number of nitrogens with one attached hydrogen (secondary N) is 1. The molecule has 0 saturated carbocycles. The number of hydrogen-bond donors (Lipinski definition) is 2. The molecule has 0 aliphatic carbocycles. The van der Waals surface area contributed by atoms with E-state index in [9.17, 15) is 9.90 Å². The van der Waals surface area contributed by atoms with Gasteiger partial charge in [0.15, 0.2) is 0 Å². The number of hydrogen-bond acceptors (Lipinski definition) is 3. The van der Waals surface area contributed by atoms with Gasteiger partial charge in [-0.05, 0) is 38.2 Å². The summed E-state index contributed by atoms with van der Waals surface area (Å²) in [5.74, 6) is 0.562. The van der Waals surface area contributed by atoms with Crippen molar-refractivity contribution in [2.45, 2.75) is 32.8 Å². The summed E-state index contributed by atoms with van der Waals surface area (Å²) >= 11 is 1.57. The van der Waals surface area contributed by atoms with Crippen LogP contribution in [0, 0.1) is 13.8 Å². The van der Waals surface area contributed by atoms with Gasteiger partial charge >= 0.3 is 0 Å². The fourth-order valence-electron chi connectivity index (χ4n) is 1.88. The molecule has 4 heteroatoms. The smallest absolute Gasteiger partial charge is 0.224 e. The molecule has 0 heterocycles. The van der Waals surface area contributed by atoms with E-state index in [0.29, 0.717) is 12.2 Å². The van der Waals surface area contributed by atoms with Gasteiger partial charge in [-0.2, -0.15) is 11.8 Å². The van der Waals surface area contributed by atoms with Gasteiger partial charge in [0, 0.05) is 12.3 Å². The Morgan fingerprint density at radius 2 is 2.11 bits per heavy atom. The number of carbonyl (C=O) groups excluding carboxylic acids is 1. The standard InChI is InChI=1S/C15H23NO2S/c1-11-5-6-12(2)13(7-11)8-14(17)16-9-15(3,18)10-19-4/h5-7,18H,8-10H2,1-4H3,(H,16,17). The van der Waals surface area contributed by atoms with E-state index < -0.39 is 5.60 Å². The van der Waals surface area contributed by atoms with Gasteiger partial charge in [0.1, 0.15) is 0 Å². The third-order valence-electron chi connectivity index (χ3n) is 2.98. The molecule has 0 aliphatic heterocycles. The van der Waals surface area contributed by atoms with Gasteiger partial charge in [0.2, 0.25) is 5.91 Å². The summed E-state index contributed by atoms with van der Waals surface area (Å²) in [5.41, 5.74) is 2.47. The second-order valence-electron chi connectivity index (χ2n) is 5.31. The molecule has 0 aliphatic rings. The molecule has 1 amide bonds. The van der Waals surface area contributed by atoms with Crippen LogP contribution in [0.3, 0.4) is 0 Å². The van der Waals surface area contributed by atoms with Crippen LogP contribution in [-0.2, 0) is 11.2 Å². The number of benzene rings is 1. The lowest BCUT2D eigenvalue weighted by Gasteiger charge is -2.22. The average Bonchev–Trinajstić information content (AvgIpc) is 2.31. The van der Waals surface area contributed by atoms with Crippen LogP contribution in [0.2, 0.25) is 0 Å². The van der Waals surface area contributed by atoms with Crippen LogP contribution in [0.4, 0.5) is 0 Å². The minimum absolute atomic E-state index is 0.0462. The number of aliphatic hydroxyl groups is 1. The van der Waals surface area contributed by atoms with E-state index in [1.807, 2.05) is 38.3 Å². The molecule has 3 nitrogen and oxygen atoms in total. The quantitative estimate of drug-likeness (QED) is 0.839. The lowest BCUT2D eigenvalue weighted by molar-refractivity contribution is -0.121. The first-order valence-electron chi connectivity index (χ1n) is 6.38. The Morgan fingerprint density at radius 1 is 1.42 bits per heavy atom. The summed E-state index contributed by atoms with van der Waals surface area (Å²) in [6.07, 6.45) is 2.30. The van der Waals surface area contributed by atoms with E-state index >= 15 is 0 Å². The Labute approximate surface area is 119 Å².